The molecule has 9 heteroatoms. The van der Waals surface area contributed by atoms with Gasteiger partial charge in [0.15, 0.2) is 0 Å². The summed E-state index contributed by atoms with van der Waals surface area (Å²) >= 11 is 0. The van der Waals surface area contributed by atoms with E-state index in [1.165, 1.54) is 12.1 Å². The van der Waals surface area contributed by atoms with Crippen molar-refractivity contribution in [2.45, 2.75) is 17.9 Å². The molecule has 8 nitrogen and oxygen atoms in total. The second-order valence-electron chi connectivity index (χ2n) is 6.70. The number of hydrogen-bond donors (Lipinski definition) is 1. The fourth-order valence-electron chi connectivity index (χ4n) is 3.18. The molecule has 1 aliphatic rings. The maximum Gasteiger partial charge on any atom is 0.270 e. The molecule has 1 heterocycles. The largest absolute Gasteiger partial charge is 0.379 e. The molecule has 1 saturated heterocycles. The maximum atomic E-state index is 13.1. The highest BCUT2D eigenvalue weighted by atomic mass is 32.2. The van der Waals surface area contributed by atoms with Gasteiger partial charge in [0.25, 0.3) is 5.69 Å². The summed E-state index contributed by atoms with van der Waals surface area (Å²) in [6, 6.07) is 12.7. The van der Waals surface area contributed by atoms with Gasteiger partial charge in [0.1, 0.15) is 0 Å². The highest BCUT2D eigenvalue weighted by Crippen LogP contribution is 2.24. The molecule has 150 valence electrons. The lowest BCUT2D eigenvalue weighted by molar-refractivity contribution is -0.385. The molecule has 1 aliphatic heterocycles. The first kappa shape index (κ1) is 20.4. The summed E-state index contributed by atoms with van der Waals surface area (Å²) in [5, 5.41) is 11.1. The Labute approximate surface area is 164 Å². The summed E-state index contributed by atoms with van der Waals surface area (Å²) in [5.41, 5.74) is 1.03. The molecule has 1 N–H and O–H groups in total. The van der Waals surface area contributed by atoms with Crippen LogP contribution in [0.2, 0.25) is 0 Å². The standard InChI is InChI=1S/C19H23N3O5S/c1-15-7-8-17(22(23)24)13-19(15)28(25,26)20-18(16-5-3-2-4-6-16)14-21-9-11-27-12-10-21/h2-8,13,18,20H,9-12,14H2,1H3/t18-/m0/s1. The Kier molecular flexibility index (Phi) is 6.40. The number of nitro benzene ring substituents is 1. The van der Waals surface area contributed by atoms with Crippen LogP contribution in [0.25, 0.3) is 0 Å². The number of rotatable bonds is 7. The summed E-state index contributed by atoms with van der Waals surface area (Å²) in [4.78, 5) is 12.5. The molecule has 0 radical (unpaired) electrons. The Bertz CT molecular complexity index is 928. The van der Waals surface area contributed by atoms with Gasteiger partial charge in [-0.05, 0) is 18.1 Å². The Morgan fingerprint density at radius 3 is 2.50 bits per heavy atom. The van der Waals surface area contributed by atoms with E-state index in [2.05, 4.69) is 9.62 Å². The van der Waals surface area contributed by atoms with E-state index < -0.39 is 21.0 Å². The van der Waals surface area contributed by atoms with Crippen LogP contribution >= 0.6 is 0 Å². The molecule has 2 aromatic carbocycles. The van der Waals surface area contributed by atoms with Gasteiger partial charge in [0.2, 0.25) is 10.0 Å². The molecule has 0 saturated carbocycles. The van der Waals surface area contributed by atoms with Crippen LogP contribution in [0.1, 0.15) is 17.2 Å². The van der Waals surface area contributed by atoms with Crippen LogP contribution in [0.5, 0.6) is 0 Å². The molecule has 28 heavy (non-hydrogen) atoms. The molecule has 0 spiro atoms. The van der Waals surface area contributed by atoms with Gasteiger partial charge in [0.05, 0.1) is 29.1 Å². The predicted molar refractivity (Wildman–Crippen MR) is 105 cm³/mol. The smallest absolute Gasteiger partial charge is 0.270 e. The first-order valence-corrected chi connectivity index (χ1v) is 10.5. The van der Waals surface area contributed by atoms with E-state index >= 15 is 0 Å². The van der Waals surface area contributed by atoms with Gasteiger partial charge in [-0.15, -0.1) is 0 Å². The average Bonchev–Trinajstić information content (AvgIpc) is 2.69. The summed E-state index contributed by atoms with van der Waals surface area (Å²) < 4.78 is 34.3. The zero-order chi connectivity index (χ0) is 20.1. The van der Waals surface area contributed by atoms with Crippen molar-refractivity contribution >= 4 is 15.7 Å². The number of nitro groups is 1. The third-order valence-corrected chi connectivity index (χ3v) is 6.33. The van der Waals surface area contributed by atoms with Crippen molar-refractivity contribution in [1.29, 1.82) is 0 Å². The maximum absolute atomic E-state index is 13.1. The SMILES string of the molecule is Cc1ccc([N+](=O)[O-])cc1S(=O)(=O)N[C@@H](CN1CCOCC1)c1ccccc1. The van der Waals surface area contributed by atoms with Crippen molar-refractivity contribution in [1.82, 2.24) is 9.62 Å². The van der Waals surface area contributed by atoms with E-state index in [4.69, 9.17) is 4.74 Å². The van der Waals surface area contributed by atoms with E-state index in [9.17, 15) is 18.5 Å². The number of nitrogens with zero attached hydrogens (tertiary/aromatic N) is 2. The van der Waals surface area contributed by atoms with E-state index in [-0.39, 0.29) is 10.6 Å². The molecule has 0 unspecified atom stereocenters. The van der Waals surface area contributed by atoms with E-state index in [1.807, 2.05) is 30.3 Å². The van der Waals surface area contributed by atoms with Crippen LogP contribution in [-0.2, 0) is 14.8 Å². The summed E-state index contributed by atoms with van der Waals surface area (Å²) in [6.07, 6.45) is 0. The lowest BCUT2D eigenvalue weighted by Gasteiger charge is -2.31. The van der Waals surface area contributed by atoms with Crippen molar-refractivity contribution < 1.29 is 18.1 Å². The fourth-order valence-corrected chi connectivity index (χ4v) is 4.66. The predicted octanol–water partition coefficient (Wildman–Crippen LogP) is 2.26. The average molecular weight is 405 g/mol. The van der Waals surface area contributed by atoms with Gasteiger partial charge >= 0.3 is 0 Å². The summed E-state index contributed by atoms with van der Waals surface area (Å²) in [7, 11) is -3.96. The Hall–Kier alpha value is -2.33. The van der Waals surface area contributed by atoms with Crippen molar-refractivity contribution in [2.24, 2.45) is 0 Å². The first-order chi connectivity index (χ1) is 13.4. The zero-order valence-electron chi connectivity index (χ0n) is 15.6. The van der Waals surface area contributed by atoms with E-state index in [1.54, 1.807) is 6.92 Å². The summed E-state index contributed by atoms with van der Waals surface area (Å²) in [5.74, 6) is 0. The molecule has 2 aromatic rings. The normalized spacial score (nSPS) is 16.6. The van der Waals surface area contributed by atoms with E-state index in [0.717, 1.165) is 24.7 Å². The van der Waals surface area contributed by atoms with Gasteiger partial charge < -0.3 is 4.74 Å². The molecule has 1 atom stereocenters. The second-order valence-corrected chi connectivity index (χ2v) is 8.39. The lowest BCUT2D eigenvalue weighted by atomic mass is 10.1. The van der Waals surface area contributed by atoms with Gasteiger partial charge in [-0.3, -0.25) is 15.0 Å². The minimum Gasteiger partial charge on any atom is -0.379 e. The number of sulfonamides is 1. The Morgan fingerprint density at radius 2 is 1.86 bits per heavy atom. The number of non-ortho nitro benzene ring substituents is 1. The van der Waals surface area contributed by atoms with Crippen LogP contribution in [0.15, 0.2) is 53.4 Å². The van der Waals surface area contributed by atoms with Crippen LogP contribution in [0.3, 0.4) is 0 Å². The van der Waals surface area contributed by atoms with Gasteiger partial charge in [-0.1, -0.05) is 36.4 Å². The van der Waals surface area contributed by atoms with Crippen LogP contribution in [-0.4, -0.2) is 51.1 Å². The monoisotopic (exact) mass is 405 g/mol. The van der Waals surface area contributed by atoms with E-state index in [0.29, 0.717) is 25.3 Å². The molecular formula is C19H23N3O5S. The molecule has 0 amide bonds. The molecule has 0 bridgehead atoms. The Balaban J connectivity index is 1.90. The van der Waals surface area contributed by atoms with Crippen LogP contribution in [0.4, 0.5) is 5.69 Å². The molecule has 3 rings (SSSR count). The lowest BCUT2D eigenvalue weighted by Crippen LogP contribution is -2.43. The first-order valence-electron chi connectivity index (χ1n) is 8.99. The topological polar surface area (TPSA) is 102 Å². The van der Waals surface area contributed by atoms with Gasteiger partial charge in [0, 0.05) is 31.8 Å². The van der Waals surface area contributed by atoms with Gasteiger partial charge in [-0.2, -0.15) is 0 Å². The Morgan fingerprint density at radius 1 is 1.18 bits per heavy atom. The number of ether oxygens (including phenoxy) is 1. The molecule has 0 aromatic heterocycles. The number of hydrogen-bond acceptors (Lipinski definition) is 6. The second kappa shape index (κ2) is 8.78. The molecular weight excluding hydrogens is 382 g/mol. The molecule has 0 aliphatic carbocycles. The van der Waals surface area contributed by atoms with Crippen LogP contribution in [0, 0.1) is 17.0 Å². The quantitative estimate of drug-likeness (QED) is 0.560. The van der Waals surface area contributed by atoms with Crippen molar-refractivity contribution in [3.8, 4) is 0 Å². The minimum atomic E-state index is -3.96. The van der Waals surface area contributed by atoms with Crippen molar-refractivity contribution in [3.63, 3.8) is 0 Å². The minimum absolute atomic E-state index is 0.0791. The van der Waals surface area contributed by atoms with Gasteiger partial charge in [-0.25, -0.2) is 13.1 Å². The fraction of sp³-hybridized carbons (Fsp3) is 0.368. The third kappa shape index (κ3) is 4.93. The number of aryl methyl sites for hydroxylation is 1. The van der Waals surface area contributed by atoms with Crippen molar-refractivity contribution in [2.75, 3.05) is 32.8 Å². The zero-order valence-corrected chi connectivity index (χ0v) is 16.4. The highest BCUT2D eigenvalue weighted by molar-refractivity contribution is 7.89. The van der Waals surface area contributed by atoms with Crippen LogP contribution < -0.4 is 4.72 Å². The number of nitrogens with one attached hydrogen (secondary N) is 1. The van der Waals surface area contributed by atoms with Crippen molar-refractivity contribution in [3.05, 3.63) is 69.8 Å². The number of benzene rings is 2. The third-order valence-electron chi connectivity index (χ3n) is 4.72. The molecule has 1 fully saturated rings. The highest BCUT2D eigenvalue weighted by Gasteiger charge is 2.27. The number of morpholine rings is 1. The summed E-state index contributed by atoms with van der Waals surface area (Å²) in [6.45, 7) is 4.77.